The third-order valence-corrected chi connectivity index (χ3v) is 7.55. The van der Waals surface area contributed by atoms with Crippen LogP contribution >= 0.6 is 11.3 Å². The summed E-state index contributed by atoms with van der Waals surface area (Å²) in [5.74, 6) is 0.0194. The van der Waals surface area contributed by atoms with Gasteiger partial charge in [-0.05, 0) is 74.8 Å². The summed E-state index contributed by atoms with van der Waals surface area (Å²) in [5.41, 5.74) is 4.43. The van der Waals surface area contributed by atoms with Gasteiger partial charge in [-0.3, -0.25) is 0 Å². The zero-order valence-electron chi connectivity index (χ0n) is 19.1. The monoisotopic (exact) mass is 461 g/mol. The van der Waals surface area contributed by atoms with Crippen LogP contribution in [0.25, 0.3) is 64.4 Å². The molecule has 7 aromatic rings. The van der Waals surface area contributed by atoms with Crippen molar-refractivity contribution in [2.75, 3.05) is 0 Å². The minimum Gasteiger partial charge on any atom is -0.868 e. The van der Waals surface area contributed by atoms with Gasteiger partial charge < -0.3 is 5.11 Å². The number of hydrogen-bond acceptors (Lipinski definition) is 3. The number of aromatic nitrogens is 2. The van der Waals surface area contributed by atoms with E-state index in [1.807, 2.05) is 48.5 Å². The summed E-state index contributed by atoms with van der Waals surface area (Å²) in [6.45, 7) is 0. The van der Waals surface area contributed by atoms with E-state index in [0.717, 1.165) is 48.6 Å². The molecule has 0 bridgehead atoms. The van der Waals surface area contributed by atoms with E-state index < -0.39 is 0 Å². The van der Waals surface area contributed by atoms with Crippen molar-refractivity contribution >= 4 is 54.0 Å². The number of para-hydroxylation sites is 1. The number of hydrogen-bond donors (Lipinski definition) is 0. The molecule has 0 radical (unpaired) electrons. The van der Waals surface area contributed by atoms with Crippen molar-refractivity contribution in [1.29, 1.82) is 0 Å². The van der Waals surface area contributed by atoms with Gasteiger partial charge in [0.25, 0.3) is 0 Å². The van der Waals surface area contributed by atoms with Gasteiger partial charge in [0.05, 0.1) is 10.2 Å². The Morgan fingerprint density at radius 2 is 1.51 bits per heavy atom. The first-order chi connectivity index (χ1) is 16.8. The van der Waals surface area contributed by atoms with Crippen LogP contribution in [0.3, 0.4) is 0 Å². The van der Waals surface area contributed by atoms with E-state index in [0.29, 0.717) is 11.1 Å². The van der Waals surface area contributed by atoms with Gasteiger partial charge in [0.2, 0.25) is 5.52 Å². The third kappa shape index (κ3) is 3.50. The molecule has 0 spiro atoms. The van der Waals surface area contributed by atoms with Crippen LogP contribution in [0.2, 0.25) is 0 Å². The summed E-state index contributed by atoms with van der Waals surface area (Å²) < 4.78 is 1.18. The summed E-state index contributed by atoms with van der Waals surface area (Å²) in [6, 6.07) is 33.0. The van der Waals surface area contributed by atoms with Crippen molar-refractivity contribution in [2.24, 2.45) is 0 Å². The van der Waals surface area contributed by atoms with Gasteiger partial charge in [-0.1, -0.05) is 54.6 Å². The van der Waals surface area contributed by atoms with Crippen LogP contribution in [0.5, 0.6) is 5.75 Å². The number of nitrogens with one attached hydrogen (secondary N) is 1. The molecule has 5 heteroatoms. The summed E-state index contributed by atoms with van der Waals surface area (Å²) in [5, 5.41) is 19.8. The van der Waals surface area contributed by atoms with Crippen LogP contribution < -0.4 is 29.0 Å². The second-order valence-corrected chi connectivity index (χ2v) is 9.50. The Morgan fingerprint density at radius 3 is 2.43 bits per heavy atom. The Balaban J connectivity index is 0.00000229. The standard InChI is InChI=1S/C30H18N2OS.Li/c33-29-24(14-11-18-7-5-15-31-28(18)29)27-22-8-2-1-6-19(22)16-21-17-20(12-13-23(21)27)30-32-25-9-3-4-10-26(25)34-30;/h1-17,33H;/q;+1. The predicted octanol–water partition coefficient (Wildman–Crippen LogP) is 3.98. The number of aromatic amines is 1. The molecule has 3 nitrogen and oxygen atoms in total. The van der Waals surface area contributed by atoms with Crippen molar-refractivity contribution < 1.29 is 29.0 Å². The van der Waals surface area contributed by atoms with Gasteiger partial charge in [-0.25, -0.2) is 9.97 Å². The number of pyridine rings is 1. The number of rotatable bonds is 2. The molecule has 0 amide bonds. The molecule has 7 rings (SSSR count). The molecule has 0 aliphatic heterocycles. The van der Waals surface area contributed by atoms with E-state index in [2.05, 4.69) is 53.5 Å². The molecule has 5 aromatic carbocycles. The van der Waals surface area contributed by atoms with E-state index in [1.165, 1.54) is 4.70 Å². The number of nitrogens with zero attached hydrogens (tertiary/aromatic N) is 1. The van der Waals surface area contributed by atoms with E-state index in [1.54, 1.807) is 17.5 Å². The SMILES string of the molecule is [Li+].[O-]c1c(-c2c3ccccc3cc3cc(-c4nc5ccccc5s4)ccc23)ccc2ccc[nH+]c12. The number of thiazole rings is 1. The van der Waals surface area contributed by atoms with Crippen LogP contribution in [0.4, 0.5) is 0 Å². The fraction of sp³-hybridized carbons (Fsp3) is 0. The molecule has 0 saturated heterocycles. The molecule has 0 fully saturated rings. The van der Waals surface area contributed by atoms with Crippen molar-refractivity contribution in [3.8, 4) is 27.4 Å². The van der Waals surface area contributed by atoms with Gasteiger partial charge in [0, 0.05) is 17.0 Å². The molecule has 35 heavy (non-hydrogen) atoms. The Kier molecular flexibility index (Phi) is 5.31. The Labute approximate surface area is 217 Å². The topological polar surface area (TPSA) is 50.1 Å². The van der Waals surface area contributed by atoms with Crippen LogP contribution in [0.1, 0.15) is 0 Å². The molecule has 160 valence electrons. The molecule has 0 aliphatic rings. The Morgan fingerprint density at radius 1 is 0.714 bits per heavy atom. The van der Waals surface area contributed by atoms with Gasteiger partial charge >= 0.3 is 18.9 Å². The third-order valence-electron chi connectivity index (χ3n) is 6.46. The van der Waals surface area contributed by atoms with Gasteiger partial charge in [-0.15, -0.1) is 11.3 Å². The van der Waals surface area contributed by atoms with Crippen molar-refractivity contribution in [1.82, 2.24) is 4.98 Å². The minimum atomic E-state index is 0. The van der Waals surface area contributed by atoms with E-state index >= 15 is 0 Å². The maximum atomic E-state index is 13.6. The predicted molar refractivity (Wildman–Crippen MR) is 139 cm³/mol. The van der Waals surface area contributed by atoms with E-state index in [4.69, 9.17) is 4.98 Å². The zero-order valence-corrected chi connectivity index (χ0v) is 19.9. The summed E-state index contributed by atoms with van der Waals surface area (Å²) in [7, 11) is 0. The van der Waals surface area contributed by atoms with Crippen LogP contribution in [-0.2, 0) is 0 Å². The van der Waals surface area contributed by atoms with Crippen LogP contribution in [0.15, 0.2) is 103 Å². The maximum absolute atomic E-state index is 13.6. The van der Waals surface area contributed by atoms with Gasteiger partial charge in [0.15, 0.2) is 6.20 Å². The van der Waals surface area contributed by atoms with Crippen LogP contribution in [-0.4, -0.2) is 4.98 Å². The average Bonchev–Trinajstić information content (AvgIpc) is 3.32. The van der Waals surface area contributed by atoms with Crippen molar-refractivity contribution in [3.05, 3.63) is 103 Å². The fourth-order valence-corrected chi connectivity index (χ4v) is 5.82. The first-order valence-electron chi connectivity index (χ1n) is 11.2. The summed E-state index contributed by atoms with van der Waals surface area (Å²) in [4.78, 5) is 7.99. The summed E-state index contributed by atoms with van der Waals surface area (Å²) >= 11 is 1.70. The Bertz CT molecular complexity index is 1860. The molecule has 2 heterocycles. The molecular formula is C30H18LiN2OS+. The minimum absolute atomic E-state index is 0. The van der Waals surface area contributed by atoms with Gasteiger partial charge in [0.1, 0.15) is 5.01 Å². The second kappa shape index (κ2) is 8.52. The number of H-pyrrole nitrogens is 1. The second-order valence-electron chi connectivity index (χ2n) is 8.47. The van der Waals surface area contributed by atoms with E-state index in [9.17, 15) is 5.11 Å². The van der Waals surface area contributed by atoms with Crippen molar-refractivity contribution in [2.45, 2.75) is 0 Å². The first kappa shape index (κ1) is 21.8. The molecule has 0 atom stereocenters. The largest absolute Gasteiger partial charge is 1.00 e. The average molecular weight is 461 g/mol. The van der Waals surface area contributed by atoms with Gasteiger partial charge in [-0.2, -0.15) is 0 Å². The molecular weight excluding hydrogens is 443 g/mol. The number of fused-ring (bicyclic) bond motifs is 4. The zero-order chi connectivity index (χ0) is 22.6. The number of benzene rings is 5. The smallest absolute Gasteiger partial charge is 0.868 e. The quantitative estimate of drug-likeness (QED) is 0.289. The first-order valence-corrected chi connectivity index (χ1v) is 12.0. The summed E-state index contributed by atoms with van der Waals surface area (Å²) in [6.07, 6.45) is 1.80. The molecule has 1 N–H and O–H groups in total. The van der Waals surface area contributed by atoms with E-state index in [-0.39, 0.29) is 24.6 Å². The van der Waals surface area contributed by atoms with Crippen LogP contribution in [0, 0.1) is 0 Å². The normalized spacial score (nSPS) is 11.3. The molecule has 2 aromatic heterocycles. The van der Waals surface area contributed by atoms with Crippen molar-refractivity contribution in [3.63, 3.8) is 0 Å². The molecule has 0 unspecified atom stereocenters. The molecule has 0 aliphatic carbocycles. The Hall–Kier alpha value is -3.68. The fourth-order valence-electron chi connectivity index (χ4n) is 4.86. The molecule has 0 saturated carbocycles. The maximum Gasteiger partial charge on any atom is 1.00 e.